The van der Waals surface area contributed by atoms with Crippen molar-refractivity contribution in [3.8, 4) is 6.07 Å². The van der Waals surface area contributed by atoms with Gasteiger partial charge >= 0.3 is 0 Å². The van der Waals surface area contributed by atoms with Gasteiger partial charge < -0.3 is 20.9 Å². The predicted octanol–water partition coefficient (Wildman–Crippen LogP) is 4.20. The van der Waals surface area contributed by atoms with Gasteiger partial charge in [0.1, 0.15) is 23.9 Å². The number of carbonyl (C=O) groups is 3. The minimum absolute atomic E-state index is 0.0604. The molecule has 2 aliphatic rings. The second-order valence-electron chi connectivity index (χ2n) is 12.1. The molecule has 3 amide bonds. The summed E-state index contributed by atoms with van der Waals surface area (Å²) in [5, 5.41) is 19.0. The Bertz CT molecular complexity index is 1300. The molecule has 39 heavy (non-hydrogen) atoms. The highest BCUT2D eigenvalue weighted by Crippen LogP contribution is 2.46. The zero-order chi connectivity index (χ0) is 28.5. The lowest BCUT2D eigenvalue weighted by Crippen LogP contribution is -2.55. The van der Waals surface area contributed by atoms with Crippen LogP contribution in [0.2, 0.25) is 0 Å². The number of nitrogens with one attached hydrogen (secondary N) is 3. The molecule has 0 radical (unpaired) electrons. The second-order valence-corrected chi connectivity index (χ2v) is 12.1. The molecule has 9 heteroatoms. The first-order chi connectivity index (χ1) is 18.3. The molecule has 4 rings (SSSR count). The van der Waals surface area contributed by atoms with E-state index < -0.39 is 23.5 Å². The average Bonchev–Trinajstić information content (AvgIpc) is 3.39. The molecule has 0 saturated carbocycles. The van der Waals surface area contributed by atoms with Crippen LogP contribution in [0.3, 0.4) is 0 Å². The van der Waals surface area contributed by atoms with E-state index in [0.717, 1.165) is 5.56 Å². The first kappa shape index (κ1) is 28.1. The number of hydrogen-bond acceptors (Lipinski definition) is 5. The van der Waals surface area contributed by atoms with Crippen LogP contribution in [0.15, 0.2) is 48.5 Å². The summed E-state index contributed by atoms with van der Waals surface area (Å²) < 4.78 is 13.4. The van der Waals surface area contributed by atoms with Crippen molar-refractivity contribution >= 4 is 29.1 Å². The van der Waals surface area contributed by atoms with Gasteiger partial charge in [0.25, 0.3) is 0 Å². The van der Waals surface area contributed by atoms with Crippen molar-refractivity contribution in [2.75, 3.05) is 17.2 Å². The Labute approximate surface area is 228 Å². The molecule has 1 saturated heterocycles. The molecular formula is C30H36FN5O3. The lowest BCUT2D eigenvalue weighted by atomic mass is 9.80. The molecule has 206 valence electrons. The number of nitriles is 1. The Kier molecular flexibility index (Phi) is 7.69. The van der Waals surface area contributed by atoms with Gasteiger partial charge in [-0.1, -0.05) is 52.8 Å². The zero-order valence-electron chi connectivity index (χ0n) is 23.0. The van der Waals surface area contributed by atoms with Crippen molar-refractivity contribution in [3.05, 3.63) is 59.9 Å². The smallest absolute Gasteiger partial charge is 0.246 e. The van der Waals surface area contributed by atoms with Crippen molar-refractivity contribution in [2.45, 2.75) is 71.0 Å². The van der Waals surface area contributed by atoms with Crippen molar-refractivity contribution < 1.29 is 18.8 Å². The number of fused-ring (bicyclic) bond motifs is 2. The van der Waals surface area contributed by atoms with Crippen LogP contribution in [0, 0.1) is 28.5 Å². The van der Waals surface area contributed by atoms with Crippen LogP contribution < -0.4 is 16.0 Å². The van der Waals surface area contributed by atoms with E-state index in [1.54, 1.807) is 12.1 Å². The summed E-state index contributed by atoms with van der Waals surface area (Å²) in [5.41, 5.74) is 0.737. The van der Waals surface area contributed by atoms with Crippen molar-refractivity contribution in [1.29, 1.82) is 5.26 Å². The Morgan fingerprint density at radius 1 is 1.18 bits per heavy atom. The summed E-state index contributed by atoms with van der Waals surface area (Å²) in [5.74, 6) is -1.50. The van der Waals surface area contributed by atoms with Gasteiger partial charge in [0, 0.05) is 24.3 Å². The molecule has 4 atom stereocenters. The Morgan fingerprint density at radius 3 is 2.46 bits per heavy atom. The van der Waals surface area contributed by atoms with E-state index in [1.807, 2.05) is 58.9 Å². The number of likely N-dealkylation sites (tertiary alicyclic amines) is 1. The van der Waals surface area contributed by atoms with Crippen molar-refractivity contribution in [2.24, 2.45) is 11.3 Å². The van der Waals surface area contributed by atoms with Gasteiger partial charge in [0.2, 0.25) is 17.7 Å². The summed E-state index contributed by atoms with van der Waals surface area (Å²) in [6, 6.07) is 12.9. The van der Waals surface area contributed by atoms with Crippen LogP contribution in [0.5, 0.6) is 0 Å². The van der Waals surface area contributed by atoms with Crippen LogP contribution in [-0.2, 0) is 19.8 Å². The normalized spacial score (nSPS) is 21.7. The van der Waals surface area contributed by atoms with E-state index in [-0.39, 0.29) is 47.8 Å². The standard InChI is InChI=1S/C30H36FN5O3/c1-18(2)25(33-20-12-10-19(31)11-13-20)26(37)34-24(15-29(3,4)5)27(38)36-17-30(14-21(36)16-32)22-8-6-7-9-23(22)35-28(30)39/h6-13,18,21,24-25,33H,14-15,17H2,1-5H3,(H,34,37)(H,35,39)/t21-,24-,25-,30-/m0/s1. The van der Waals surface area contributed by atoms with Crippen LogP contribution in [0.25, 0.3) is 0 Å². The molecular weight excluding hydrogens is 497 g/mol. The van der Waals surface area contributed by atoms with Crippen molar-refractivity contribution in [1.82, 2.24) is 10.2 Å². The molecule has 2 aliphatic heterocycles. The molecule has 8 nitrogen and oxygen atoms in total. The monoisotopic (exact) mass is 533 g/mol. The maximum atomic E-state index is 14.0. The number of hydrogen-bond donors (Lipinski definition) is 3. The lowest BCUT2D eigenvalue weighted by Gasteiger charge is -2.33. The van der Waals surface area contributed by atoms with Gasteiger partial charge in [-0.15, -0.1) is 0 Å². The first-order valence-corrected chi connectivity index (χ1v) is 13.3. The van der Waals surface area contributed by atoms with E-state index in [1.165, 1.54) is 17.0 Å². The van der Waals surface area contributed by atoms with E-state index in [9.17, 15) is 24.0 Å². The minimum Gasteiger partial charge on any atom is -0.373 e. The number of para-hydroxylation sites is 1. The predicted molar refractivity (Wildman–Crippen MR) is 147 cm³/mol. The number of amides is 3. The highest BCUT2D eigenvalue weighted by Gasteiger charge is 2.56. The fourth-order valence-corrected chi connectivity index (χ4v) is 5.52. The van der Waals surface area contributed by atoms with E-state index >= 15 is 0 Å². The van der Waals surface area contributed by atoms with Gasteiger partial charge in [-0.25, -0.2) is 4.39 Å². The Hall–Kier alpha value is -3.93. The fraction of sp³-hybridized carbons (Fsp3) is 0.467. The SMILES string of the molecule is CC(C)[C@H](Nc1ccc(F)cc1)C(=O)N[C@@H](CC(C)(C)C)C(=O)N1C[C@]2(C[C@H]1C#N)C(=O)Nc1ccccc12. The average molecular weight is 534 g/mol. The number of rotatable bonds is 7. The molecule has 2 aromatic carbocycles. The quantitative estimate of drug-likeness (QED) is 0.494. The number of anilines is 2. The summed E-state index contributed by atoms with van der Waals surface area (Å²) in [6.07, 6.45) is 0.526. The highest BCUT2D eigenvalue weighted by molar-refractivity contribution is 6.07. The molecule has 1 fully saturated rings. The van der Waals surface area contributed by atoms with Gasteiger partial charge in [-0.2, -0.15) is 5.26 Å². The van der Waals surface area contributed by atoms with Crippen molar-refractivity contribution in [3.63, 3.8) is 0 Å². The fourth-order valence-electron chi connectivity index (χ4n) is 5.52. The van der Waals surface area contributed by atoms with E-state index in [0.29, 0.717) is 17.8 Å². The number of halogens is 1. The summed E-state index contributed by atoms with van der Waals surface area (Å²) >= 11 is 0. The molecule has 1 spiro atoms. The van der Waals surface area contributed by atoms with Crippen LogP contribution in [0.4, 0.5) is 15.8 Å². The third-order valence-corrected chi connectivity index (χ3v) is 7.46. The second kappa shape index (κ2) is 10.7. The van der Waals surface area contributed by atoms with Gasteiger partial charge in [0.05, 0.1) is 11.5 Å². The minimum atomic E-state index is -1.01. The maximum Gasteiger partial charge on any atom is 0.246 e. The molecule has 2 heterocycles. The summed E-state index contributed by atoms with van der Waals surface area (Å²) in [4.78, 5) is 42.2. The Balaban J connectivity index is 1.59. The maximum absolute atomic E-state index is 14.0. The first-order valence-electron chi connectivity index (χ1n) is 13.3. The zero-order valence-corrected chi connectivity index (χ0v) is 23.0. The topological polar surface area (TPSA) is 114 Å². The molecule has 3 N–H and O–H groups in total. The highest BCUT2D eigenvalue weighted by atomic mass is 19.1. The molecule has 0 aromatic heterocycles. The number of benzene rings is 2. The van der Waals surface area contributed by atoms with E-state index in [2.05, 4.69) is 22.0 Å². The molecule has 2 aromatic rings. The summed E-state index contributed by atoms with van der Waals surface area (Å²) in [7, 11) is 0. The molecule has 0 bridgehead atoms. The van der Waals surface area contributed by atoms with Crippen LogP contribution in [-0.4, -0.2) is 47.3 Å². The third kappa shape index (κ3) is 5.75. The largest absolute Gasteiger partial charge is 0.373 e. The number of nitrogens with zero attached hydrogens (tertiary/aromatic N) is 2. The molecule has 0 unspecified atom stereocenters. The van der Waals surface area contributed by atoms with E-state index in [4.69, 9.17) is 0 Å². The summed E-state index contributed by atoms with van der Waals surface area (Å²) in [6.45, 7) is 9.75. The van der Waals surface area contributed by atoms with Gasteiger partial charge in [0.15, 0.2) is 0 Å². The lowest BCUT2D eigenvalue weighted by molar-refractivity contribution is -0.138. The van der Waals surface area contributed by atoms with Gasteiger partial charge in [-0.3, -0.25) is 14.4 Å². The van der Waals surface area contributed by atoms with Gasteiger partial charge in [-0.05, 0) is 53.6 Å². The van der Waals surface area contributed by atoms with Crippen LogP contribution in [0.1, 0.15) is 53.0 Å². The van der Waals surface area contributed by atoms with Crippen LogP contribution >= 0.6 is 0 Å². The third-order valence-electron chi connectivity index (χ3n) is 7.46. The Morgan fingerprint density at radius 2 is 1.85 bits per heavy atom. The number of carbonyl (C=O) groups excluding carboxylic acids is 3. The molecule has 0 aliphatic carbocycles.